The molecule has 0 aliphatic heterocycles. The zero-order valence-electron chi connectivity index (χ0n) is 15.0. The quantitative estimate of drug-likeness (QED) is 0.748. The van der Waals surface area contributed by atoms with Crippen LogP contribution in [0.4, 0.5) is 8.78 Å². The predicted octanol–water partition coefficient (Wildman–Crippen LogP) is 4.26. The molecule has 0 aliphatic carbocycles. The average molecular weight is 369 g/mol. The molecule has 1 aromatic heterocycles. The first-order valence-corrected chi connectivity index (χ1v) is 8.69. The molecule has 0 fully saturated rings. The summed E-state index contributed by atoms with van der Waals surface area (Å²) in [5.74, 6) is -1.16. The van der Waals surface area contributed by atoms with Gasteiger partial charge < -0.3 is 5.11 Å². The lowest BCUT2D eigenvalue weighted by molar-refractivity contribution is -0.0893. The fourth-order valence-corrected chi connectivity index (χ4v) is 3.14. The van der Waals surface area contributed by atoms with Crippen LogP contribution in [0.3, 0.4) is 0 Å². The smallest absolute Gasteiger partial charge is 0.215 e. The van der Waals surface area contributed by atoms with Crippen molar-refractivity contribution >= 4 is 12.2 Å². The maximum absolute atomic E-state index is 13.9. The number of nitrogens with one attached hydrogen (secondary N) is 1. The maximum atomic E-state index is 13.9. The summed E-state index contributed by atoms with van der Waals surface area (Å²) in [5.41, 5.74) is -1.06. The van der Waals surface area contributed by atoms with Gasteiger partial charge in [-0.3, -0.25) is 9.78 Å². The molecule has 1 heterocycles. The molecule has 2 rings (SSSR count). The third-order valence-corrected chi connectivity index (χ3v) is 5.03. The summed E-state index contributed by atoms with van der Waals surface area (Å²) in [7, 11) is 0. The zero-order valence-corrected chi connectivity index (χ0v) is 15.8. The molecule has 2 unspecified atom stereocenters. The van der Waals surface area contributed by atoms with Crippen molar-refractivity contribution in [1.82, 2.24) is 14.8 Å². The third-order valence-electron chi connectivity index (χ3n) is 4.70. The molecule has 2 atom stereocenters. The second-order valence-electron chi connectivity index (χ2n) is 7.79. The monoisotopic (exact) mass is 369 g/mol. The Balaban J connectivity index is 2.18. The van der Waals surface area contributed by atoms with E-state index < -0.39 is 22.7 Å². The lowest BCUT2D eigenvalue weighted by atomic mass is 9.71. The van der Waals surface area contributed by atoms with Gasteiger partial charge in [0.05, 0.1) is 12.1 Å². The molecule has 0 radical (unpaired) electrons. The molecule has 0 aliphatic rings. The van der Waals surface area contributed by atoms with Gasteiger partial charge >= 0.3 is 0 Å². The van der Waals surface area contributed by atoms with Crippen LogP contribution in [-0.4, -0.2) is 25.5 Å². The molecule has 138 valence electrons. The van der Waals surface area contributed by atoms with E-state index in [4.69, 9.17) is 12.2 Å². The van der Waals surface area contributed by atoms with Crippen LogP contribution in [0.2, 0.25) is 0 Å². The third kappa shape index (κ3) is 4.73. The van der Waals surface area contributed by atoms with E-state index in [1.165, 1.54) is 18.5 Å². The number of nitrogens with zero attached hydrogens (tertiary/aromatic N) is 2. The van der Waals surface area contributed by atoms with E-state index in [9.17, 15) is 13.9 Å². The summed E-state index contributed by atoms with van der Waals surface area (Å²) >= 11 is 5.15. The van der Waals surface area contributed by atoms with Crippen LogP contribution in [0.5, 0.6) is 0 Å². The molecular weight excluding hydrogens is 344 g/mol. The maximum Gasteiger partial charge on any atom is 0.215 e. The van der Waals surface area contributed by atoms with E-state index in [-0.39, 0.29) is 12.5 Å². The average Bonchev–Trinajstić information content (AvgIpc) is 2.86. The van der Waals surface area contributed by atoms with Crippen molar-refractivity contribution in [3.05, 3.63) is 46.5 Å². The highest BCUT2D eigenvalue weighted by molar-refractivity contribution is 7.71. The Hall–Kier alpha value is -1.60. The number of halogens is 2. The highest BCUT2D eigenvalue weighted by Crippen LogP contribution is 2.37. The number of rotatable bonds is 6. The van der Waals surface area contributed by atoms with Gasteiger partial charge in [-0.25, -0.2) is 13.8 Å². The summed E-state index contributed by atoms with van der Waals surface area (Å²) in [6, 6.07) is 3.61. The van der Waals surface area contributed by atoms with Gasteiger partial charge in [0.2, 0.25) is 4.77 Å². The lowest BCUT2D eigenvalue weighted by Crippen LogP contribution is -2.48. The van der Waals surface area contributed by atoms with Crippen molar-refractivity contribution in [2.24, 2.45) is 11.3 Å². The Morgan fingerprint density at radius 3 is 2.52 bits per heavy atom. The Labute approximate surface area is 151 Å². The Morgan fingerprint density at radius 2 is 2.00 bits per heavy atom. The topological polar surface area (TPSA) is 53.8 Å². The van der Waals surface area contributed by atoms with E-state index >= 15 is 0 Å². The second-order valence-corrected chi connectivity index (χ2v) is 8.15. The molecular formula is C18H25F2N3OS. The second kappa shape index (κ2) is 7.33. The van der Waals surface area contributed by atoms with Gasteiger partial charge in [0.25, 0.3) is 0 Å². The Morgan fingerprint density at radius 1 is 1.32 bits per heavy atom. The predicted molar refractivity (Wildman–Crippen MR) is 95.7 cm³/mol. The summed E-state index contributed by atoms with van der Waals surface area (Å²) < 4.78 is 29.0. The van der Waals surface area contributed by atoms with Crippen LogP contribution in [0.1, 0.15) is 39.7 Å². The number of hydrogen-bond acceptors (Lipinski definition) is 3. The van der Waals surface area contributed by atoms with E-state index in [0.717, 1.165) is 6.07 Å². The molecule has 0 saturated heterocycles. The van der Waals surface area contributed by atoms with E-state index in [2.05, 4.69) is 10.1 Å². The SMILES string of the molecule is CC(Cc1ccc(F)cc1F)CC(O)(Cn1[nH]cnc1=S)C(C)(C)C. The molecule has 0 spiro atoms. The van der Waals surface area contributed by atoms with Crippen LogP contribution in [-0.2, 0) is 13.0 Å². The van der Waals surface area contributed by atoms with Gasteiger partial charge in [0.1, 0.15) is 18.0 Å². The number of aliphatic hydroxyl groups is 1. The van der Waals surface area contributed by atoms with E-state index in [1.54, 1.807) is 4.68 Å². The zero-order chi connectivity index (χ0) is 18.8. The number of aromatic nitrogens is 3. The Kier molecular flexibility index (Phi) is 5.79. The van der Waals surface area contributed by atoms with Gasteiger partial charge in [-0.1, -0.05) is 33.8 Å². The fourth-order valence-electron chi connectivity index (χ4n) is 2.97. The minimum Gasteiger partial charge on any atom is -0.387 e. The van der Waals surface area contributed by atoms with Gasteiger partial charge in [-0.15, -0.1) is 0 Å². The molecule has 0 saturated carbocycles. The molecule has 2 N–H and O–H groups in total. The lowest BCUT2D eigenvalue weighted by Gasteiger charge is -2.42. The van der Waals surface area contributed by atoms with Gasteiger partial charge in [0.15, 0.2) is 0 Å². The molecule has 0 amide bonds. The van der Waals surface area contributed by atoms with Crippen molar-refractivity contribution < 1.29 is 13.9 Å². The van der Waals surface area contributed by atoms with Crippen LogP contribution < -0.4 is 0 Å². The summed E-state index contributed by atoms with van der Waals surface area (Å²) in [6.07, 6.45) is 2.34. The summed E-state index contributed by atoms with van der Waals surface area (Å²) in [5, 5.41) is 14.2. The van der Waals surface area contributed by atoms with Crippen molar-refractivity contribution in [3.63, 3.8) is 0 Å². The van der Waals surface area contributed by atoms with Crippen LogP contribution in [0.15, 0.2) is 24.5 Å². The van der Waals surface area contributed by atoms with Gasteiger partial charge in [-0.2, -0.15) is 0 Å². The van der Waals surface area contributed by atoms with E-state index in [0.29, 0.717) is 23.2 Å². The fraction of sp³-hybridized carbons (Fsp3) is 0.556. The van der Waals surface area contributed by atoms with Crippen LogP contribution in [0.25, 0.3) is 0 Å². The van der Waals surface area contributed by atoms with Crippen molar-refractivity contribution in [1.29, 1.82) is 0 Å². The highest BCUT2D eigenvalue weighted by atomic mass is 32.1. The molecule has 7 heteroatoms. The minimum atomic E-state index is -1.08. The largest absolute Gasteiger partial charge is 0.387 e. The van der Waals surface area contributed by atoms with Crippen LogP contribution >= 0.6 is 12.2 Å². The molecule has 2 aromatic rings. The Bertz CT molecular complexity index is 781. The van der Waals surface area contributed by atoms with Gasteiger partial charge in [-0.05, 0) is 48.0 Å². The summed E-state index contributed by atoms with van der Waals surface area (Å²) in [6.45, 7) is 8.09. The highest BCUT2D eigenvalue weighted by Gasteiger charge is 2.41. The molecule has 0 bridgehead atoms. The number of benzene rings is 1. The number of hydrogen-bond donors (Lipinski definition) is 2. The van der Waals surface area contributed by atoms with Gasteiger partial charge in [0, 0.05) is 6.07 Å². The minimum absolute atomic E-state index is 0.0127. The standard InChI is InChI=1S/C18H25F2N3OS/c1-12(7-13-5-6-14(19)8-15(13)20)9-18(24,17(2,3)4)10-23-16(25)21-11-22-23/h5-6,8,11-12,24H,7,9-10H2,1-4H3,(H,21,22,25). The molecule has 1 aromatic carbocycles. The normalized spacial score (nSPS) is 15.8. The molecule has 25 heavy (non-hydrogen) atoms. The number of H-pyrrole nitrogens is 1. The van der Waals surface area contributed by atoms with Crippen LogP contribution in [0, 0.1) is 27.7 Å². The first kappa shape index (κ1) is 19.7. The number of aromatic amines is 1. The van der Waals surface area contributed by atoms with Crippen molar-refractivity contribution in [3.8, 4) is 0 Å². The molecule has 4 nitrogen and oxygen atoms in total. The van der Waals surface area contributed by atoms with Crippen molar-refractivity contribution in [2.45, 2.75) is 52.7 Å². The summed E-state index contributed by atoms with van der Waals surface area (Å²) in [4.78, 5) is 3.98. The first-order chi connectivity index (χ1) is 11.5. The van der Waals surface area contributed by atoms with E-state index in [1.807, 2.05) is 27.7 Å². The van der Waals surface area contributed by atoms with Crippen molar-refractivity contribution in [2.75, 3.05) is 0 Å². The first-order valence-electron chi connectivity index (χ1n) is 8.28.